The van der Waals surface area contributed by atoms with Crippen LogP contribution >= 0.6 is 35.3 Å². The van der Waals surface area contributed by atoms with Crippen LogP contribution in [0.5, 0.6) is 0 Å². The summed E-state index contributed by atoms with van der Waals surface area (Å²) in [6.45, 7) is 3.59. The zero-order valence-corrected chi connectivity index (χ0v) is 13.2. The second-order valence-corrected chi connectivity index (χ2v) is 6.69. The lowest BCUT2D eigenvalue weighted by molar-refractivity contribution is 0.0784. The van der Waals surface area contributed by atoms with Gasteiger partial charge in [-0.1, -0.05) is 11.6 Å². The van der Waals surface area contributed by atoms with Gasteiger partial charge >= 0.3 is 0 Å². The van der Waals surface area contributed by atoms with Crippen LogP contribution < -0.4 is 5.73 Å². The molecule has 1 saturated heterocycles. The van der Waals surface area contributed by atoms with Gasteiger partial charge in [-0.05, 0) is 42.5 Å². The molecular formula is C13H18Cl2N2OS. The van der Waals surface area contributed by atoms with Gasteiger partial charge in [-0.15, -0.1) is 23.7 Å². The monoisotopic (exact) mass is 320 g/mol. The summed E-state index contributed by atoms with van der Waals surface area (Å²) in [5.41, 5.74) is 7.08. The van der Waals surface area contributed by atoms with Crippen LogP contribution in [0.3, 0.4) is 0 Å². The van der Waals surface area contributed by atoms with E-state index < -0.39 is 0 Å². The second kappa shape index (κ2) is 5.60. The van der Waals surface area contributed by atoms with Gasteiger partial charge in [-0.3, -0.25) is 4.79 Å². The fourth-order valence-electron chi connectivity index (χ4n) is 3.19. The molecule has 0 spiro atoms. The summed E-state index contributed by atoms with van der Waals surface area (Å²) in [5.74, 6) is 1.18. The molecule has 106 valence electrons. The first kappa shape index (κ1) is 15.1. The Morgan fingerprint density at radius 3 is 2.79 bits per heavy atom. The highest BCUT2D eigenvalue weighted by Gasteiger charge is 2.43. The summed E-state index contributed by atoms with van der Waals surface area (Å²) in [5, 5.41) is 2.56. The first-order valence-corrected chi connectivity index (χ1v) is 7.62. The molecule has 2 aliphatic rings. The number of hydrogen-bond acceptors (Lipinski definition) is 3. The summed E-state index contributed by atoms with van der Waals surface area (Å²) in [6, 6.07) is 0.272. The van der Waals surface area contributed by atoms with Crippen molar-refractivity contribution in [3.8, 4) is 0 Å². The van der Waals surface area contributed by atoms with Gasteiger partial charge in [0.15, 0.2) is 0 Å². The number of amides is 1. The molecule has 6 heteroatoms. The van der Waals surface area contributed by atoms with Crippen molar-refractivity contribution in [3.05, 3.63) is 20.8 Å². The molecule has 1 amide bonds. The molecule has 1 aliphatic carbocycles. The average molecular weight is 321 g/mol. The molecule has 1 saturated carbocycles. The molecule has 3 atom stereocenters. The number of rotatable bonds is 1. The van der Waals surface area contributed by atoms with Crippen molar-refractivity contribution in [2.75, 3.05) is 13.1 Å². The Bertz CT molecular complexity index is 491. The summed E-state index contributed by atoms with van der Waals surface area (Å²) < 4.78 is 0. The van der Waals surface area contributed by atoms with Crippen LogP contribution in [0.4, 0.5) is 0 Å². The largest absolute Gasteiger partial charge is 0.337 e. The maximum Gasteiger partial charge on any atom is 0.265 e. The predicted octanol–water partition coefficient (Wildman–Crippen LogP) is 2.94. The minimum absolute atomic E-state index is 0. The molecule has 0 aromatic carbocycles. The number of hydrogen-bond donors (Lipinski definition) is 1. The number of aryl methyl sites for hydroxylation is 1. The van der Waals surface area contributed by atoms with Crippen molar-refractivity contribution in [2.24, 2.45) is 17.6 Å². The molecule has 3 unspecified atom stereocenters. The highest BCUT2D eigenvalue weighted by Crippen LogP contribution is 2.38. The number of fused-ring (bicyclic) bond motifs is 1. The van der Waals surface area contributed by atoms with E-state index in [2.05, 4.69) is 0 Å². The van der Waals surface area contributed by atoms with Crippen molar-refractivity contribution < 1.29 is 4.79 Å². The van der Waals surface area contributed by atoms with E-state index in [0.29, 0.717) is 21.7 Å². The lowest BCUT2D eigenvalue weighted by atomic mass is 9.98. The fraction of sp³-hybridized carbons (Fsp3) is 0.615. The molecule has 2 heterocycles. The number of nitrogens with two attached hydrogens (primary N) is 1. The fourth-order valence-corrected chi connectivity index (χ4v) is 4.43. The molecule has 1 aromatic heterocycles. The topological polar surface area (TPSA) is 46.3 Å². The number of carbonyl (C=O) groups is 1. The third-order valence-corrected chi connectivity index (χ3v) is 5.98. The van der Waals surface area contributed by atoms with Crippen molar-refractivity contribution in [1.29, 1.82) is 0 Å². The Morgan fingerprint density at radius 2 is 2.21 bits per heavy atom. The van der Waals surface area contributed by atoms with Gasteiger partial charge in [0.25, 0.3) is 5.91 Å². The molecule has 1 aliphatic heterocycles. The molecule has 1 aromatic rings. The lowest BCUT2D eigenvalue weighted by Gasteiger charge is -2.18. The maximum atomic E-state index is 12.4. The lowest BCUT2D eigenvalue weighted by Crippen LogP contribution is -2.33. The van der Waals surface area contributed by atoms with Crippen LogP contribution in [0.25, 0.3) is 0 Å². The van der Waals surface area contributed by atoms with Crippen molar-refractivity contribution in [1.82, 2.24) is 4.90 Å². The first-order valence-electron chi connectivity index (χ1n) is 6.36. The van der Waals surface area contributed by atoms with Crippen LogP contribution in [0.15, 0.2) is 5.38 Å². The van der Waals surface area contributed by atoms with E-state index in [-0.39, 0.29) is 24.4 Å². The Morgan fingerprint density at radius 1 is 1.47 bits per heavy atom. The normalized spacial score (nSPS) is 29.2. The Hall–Kier alpha value is -0.290. The third-order valence-electron chi connectivity index (χ3n) is 4.29. The molecule has 3 nitrogen and oxygen atoms in total. The van der Waals surface area contributed by atoms with Crippen LogP contribution in [0.2, 0.25) is 5.02 Å². The van der Waals surface area contributed by atoms with Gasteiger partial charge in [0.2, 0.25) is 0 Å². The molecule has 3 rings (SSSR count). The van der Waals surface area contributed by atoms with Gasteiger partial charge in [-0.2, -0.15) is 0 Å². The second-order valence-electron chi connectivity index (χ2n) is 5.44. The minimum atomic E-state index is 0. The quantitative estimate of drug-likeness (QED) is 0.864. The van der Waals surface area contributed by atoms with E-state index in [1.165, 1.54) is 11.3 Å². The number of carbonyl (C=O) groups excluding carboxylic acids is 1. The SMILES string of the molecule is Cc1csc(C(=O)N2CC3CCC(N)C3C2)c1Cl.Cl. The number of halogens is 2. The van der Waals surface area contributed by atoms with Crippen LogP contribution in [0, 0.1) is 18.8 Å². The predicted molar refractivity (Wildman–Crippen MR) is 81.4 cm³/mol. The van der Waals surface area contributed by atoms with E-state index in [9.17, 15) is 4.79 Å². The summed E-state index contributed by atoms with van der Waals surface area (Å²) in [7, 11) is 0. The Kier molecular flexibility index (Phi) is 4.45. The van der Waals surface area contributed by atoms with Gasteiger partial charge in [0, 0.05) is 19.1 Å². The van der Waals surface area contributed by atoms with E-state index in [1.54, 1.807) is 0 Å². The van der Waals surface area contributed by atoms with E-state index in [0.717, 1.165) is 31.5 Å². The van der Waals surface area contributed by atoms with Crippen LogP contribution in [-0.2, 0) is 0 Å². The zero-order chi connectivity index (χ0) is 12.9. The van der Waals surface area contributed by atoms with E-state index in [4.69, 9.17) is 17.3 Å². The van der Waals surface area contributed by atoms with Gasteiger partial charge in [0.1, 0.15) is 4.88 Å². The average Bonchev–Trinajstić information content (AvgIpc) is 2.99. The van der Waals surface area contributed by atoms with Crippen molar-refractivity contribution in [2.45, 2.75) is 25.8 Å². The van der Waals surface area contributed by atoms with E-state index in [1.807, 2.05) is 17.2 Å². The van der Waals surface area contributed by atoms with Gasteiger partial charge in [0.05, 0.1) is 5.02 Å². The molecule has 19 heavy (non-hydrogen) atoms. The zero-order valence-electron chi connectivity index (χ0n) is 10.8. The highest BCUT2D eigenvalue weighted by atomic mass is 35.5. The Balaban J connectivity index is 0.00000133. The maximum absolute atomic E-state index is 12.4. The van der Waals surface area contributed by atoms with Gasteiger partial charge in [-0.25, -0.2) is 0 Å². The van der Waals surface area contributed by atoms with Crippen molar-refractivity contribution >= 4 is 41.3 Å². The number of likely N-dealkylation sites (tertiary alicyclic amines) is 1. The van der Waals surface area contributed by atoms with E-state index >= 15 is 0 Å². The summed E-state index contributed by atoms with van der Waals surface area (Å²) in [6.07, 6.45) is 2.27. The highest BCUT2D eigenvalue weighted by molar-refractivity contribution is 7.13. The third kappa shape index (κ3) is 2.51. The molecule has 0 radical (unpaired) electrons. The van der Waals surface area contributed by atoms with Crippen molar-refractivity contribution in [3.63, 3.8) is 0 Å². The van der Waals surface area contributed by atoms with Crippen LogP contribution in [0.1, 0.15) is 28.1 Å². The number of thiophene rings is 1. The standard InChI is InChI=1S/C13H17ClN2OS.ClH/c1-7-6-18-12(11(7)14)13(17)16-4-8-2-3-10(15)9(8)5-16;/h6,8-10H,2-5,15H2,1H3;1H. The van der Waals surface area contributed by atoms with Gasteiger partial charge < -0.3 is 10.6 Å². The van der Waals surface area contributed by atoms with Crippen LogP contribution in [-0.4, -0.2) is 29.9 Å². The summed E-state index contributed by atoms with van der Waals surface area (Å²) in [4.78, 5) is 15.0. The Labute approximate surface area is 128 Å². The molecular weight excluding hydrogens is 303 g/mol. The first-order chi connectivity index (χ1) is 8.58. The molecule has 2 N–H and O–H groups in total. The minimum Gasteiger partial charge on any atom is -0.337 e. The summed E-state index contributed by atoms with van der Waals surface area (Å²) >= 11 is 7.62. The number of nitrogens with zero attached hydrogens (tertiary/aromatic N) is 1. The smallest absolute Gasteiger partial charge is 0.265 e. The molecule has 2 fully saturated rings. The molecule has 0 bridgehead atoms.